The van der Waals surface area contributed by atoms with Gasteiger partial charge in [-0.2, -0.15) is 0 Å². The fourth-order valence-electron chi connectivity index (χ4n) is 2.12. The summed E-state index contributed by atoms with van der Waals surface area (Å²) in [5.74, 6) is 0.881. The highest BCUT2D eigenvalue weighted by molar-refractivity contribution is 5.64. The van der Waals surface area contributed by atoms with Gasteiger partial charge >= 0.3 is 0 Å². The summed E-state index contributed by atoms with van der Waals surface area (Å²) in [4.78, 5) is 0. The van der Waals surface area contributed by atoms with Crippen molar-refractivity contribution in [3.05, 3.63) is 54.1 Å². The minimum Gasteiger partial charge on any atom is -0.497 e. The van der Waals surface area contributed by atoms with Crippen LogP contribution in [-0.4, -0.2) is 13.7 Å². The molecule has 2 rings (SSSR count). The topological polar surface area (TPSA) is 18.5 Å². The van der Waals surface area contributed by atoms with Gasteiger partial charge in [-0.15, -0.1) is 0 Å². The van der Waals surface area contributed by atoms with E-state index in [9.17, 15) is 0 Å². The molecule has 0 aromatic heterocycles. The summed E-state index contributed by atoms with van der Waals surface area (Å²) in [6, 6.07) is 16.7. The molecule has 2 heteroatoms. The van der Waals surface area contributed by atoms with Crippen molar-refractivity contribution in [3.63, 3.8) is 0 Å². The van der Waals surface area contributed by atoms with Crippen LogP contribution in [0.4, 0.5) is 0 Å². The summed E-state index contributed by atoms with van der Waals surface area (Å²) in [6.45, 7) is 5.03. The molecule has 2 aromatic rings. The SMILES string of the molecule is CCCOC(C)c1ccc(-c2ccc(OC)cc2)cc1. The Morgan fingerprint density at radius 2 is 1.45 bits per heavy atom. The molecule has 1 unspecified atom stereocenters. The molecule has 0 bridgehead atoms. The highest BCUT2D eigenvalue weighted by atomic mass is 16.5. The van der Waals surface area contributed by atoms with Crippen LogP contribution in [0.2, 0.25) is 0 Å². The maximum absolute atomic E-state index is 5.74. The van der Waals surface area contributed by atoms with Gasteiger partial charge in [-0.05, 0) is 42.2 Å². The molecular formula is C18H22O2. The quantitative estimate of drug-likeness (QED) is 0.747. The second-order valence-corrected chi connectivity index (χ2v) is 4.86. The van der Waals surface area contributed by atoms with Crippen molar-refractivity contribution in [1.82, 2.24) is 0 Å². The molecular weight excluding hydrogens is 248 g/mol. The van der Waals surface area contributed by atoms with Gasteiger partial charge in [-0.1, -0.05) is 43.3 Å². The number of ether oxygens (including phenoxy) is 2. The van der Waals surface area contributed by atoms with Crippen LogP contribution in [0.1, 0.15) is 31.9 Å². The van der Waals surface area contributed by atoms with E-state index in [1.165, 1.54) is 16.7 Å². The molecule has 1 atom stereocenters. The van der Waals surface area contributed by atoms with E-state index in [0.717, 1.165) is 18.8 Å². The van der Waals surface area contributed by atoms with Gasteiger partial charge in [0.05, 0.1) is 13.2 Å². The average Bonchev–Trinajstić information content (AvgIpc) is 2.53. The molecule has 0 aliphatic carbocycles. The molecule has 0 aliphatic heterocycles. The largest absolute Gasteiger partial charge is 0.497 e. The smallest absolute Gasteiger partial charge is 0.118 e. The van der Waals surface area contributed by atoms with Crippen LogP contribution in [0.5, 0.6) is 5.75 Å². The van der Waals surface area contributed by atoms with Crippen molar-refractivity contribution in [2.45, 2.75) is 26.4 Å². The summed E-state index contributed by atoms with van der Waals surface area (Å²) in [6.07, 6.45) is 1.20. The first kappa shape index (κ1) is 14.6. The van der Waals surface area contributed by atoms with Crippen LogP contribution >= 0.6 is 0 Å². The Hall–Kier alpha value is -1.80. The zero-order chi connectivity index (χ0) is 14.4. The predicted octanol–water partition coefficient (Wildman–Crippen LogP) is 4.85. The first-order valence-electron chi connectivity index (χ1n) is 7.10. The minimum absolute atomic E-state index is 0.153. The molecule has 0 amide bonds. The van der Waals surface area contributed by atoms with Crippen molar-refractivity contribution < 1.29 is 9.47 Å². The lowest BCUT2D eigenvalue weighted by molar-refractivity contribution is 0.0663. The van der Waals surface area contributed by atoms with Crippen molar-refractivity contribution in [1.29, 1.82) is 0 Å². The summed E-state index contributed by atoms with van der Waals surface area (Å²) in [5.41, 5.74) is 3.62. The lowest BCUT2D eigenvalue weighted by Crippen LogP contribution is -2.00. The van der Waals surface area contributed by atoms with E-state index in [-0.39, 0.29) is 6.10 Å². The van der Waals surface area contributed by atoms with E-state index in [1.54, 1.807) is 7.11 Å². The number of benzene rings is 2. The van der Waals surface area contributed by atoms with Gasteiger partial charge in [0, 0.05) is 6.61 Å². The Morgan fingerprint density at radius 3 is 1.95 bits per heavy atom. The van der Waals surface area contributed by atoms with E-state index in [4.69, 9.17) is 9.47 Å². The molecule has 2 aromatic carbocycles. The van der Waals surface area contributed by atoms with E-state index in [1.807, 2.05) is 12.1 Å². The predicted molar refractivity (Wildman–Crippen MR) is 83.1 cm³/mol. The van der Waals surface area contributed by atoms with Crippen molar-refractivity contribution in [3.8, 4) is 16.9 Å². The van der Waals surface area contributed by atoms with Gasteiger partial charge < -0.3 is 9.47 Å². The number of methoxy groups -OCH3 is 1. The van der Waals surface area contributed by atoms with E-state index in [0.29, 0.717) is 0 Å². The third-order valence-electron chi connectivity index (χ3n) is 3.38. The lowest BCUT2D eigenvalue weighted by atomic mass is 10.0. The molecule has 106 valence electrons. The molecule has 0 aliphatic rings. The number of hydrogen-bond acceptors (Lipinski definition) is 2. The normalized spacial score (nSPS) is 12.2. The summed E-state index contributed by atoms with van der Waals surface area (Å²) in [7, 11) is 1.68. The monoisotopic (exact) mass is 270 g/mol. The molecule has 20 heavy (non-hydrogen) atoms. The van der Waals surface area contributed by atoms with Gasteiger partial charge in [0.15, 0.2) is 0 Å². The molecule has 0 spiro atoms. The van der Waals surface area contributed by atoms with Gasteiger partial charge in [0.1, 0.15) is 5.75 Å². The van der Waals surface area contributed by atoms with E-state index < -0.39 is 0 Å². The molecule has 0 saturated heterocycles. The second kappa shape index (κ2) is 7.11. The second-order valence-electron chi connectivity index (χ2n) is 4.86. The van der Waals surface area contributed by atoms with Crippen LogP contribution in [0.25, 0.3) is 11.1 Å². The third-order valence-corrected chi connectivity index (χ3v) is 3.38. The average molecular weight is 270 g/mol. The summed E-state index contributed by atoms with van der Waals surface area (Å²) < 4.78 is 10.9. The van der Waals surface area contributed by atoms with Crippen LogP contribution in [0.3, 0.4) is 0 Å². The Labute approximate surface area is 121 Å². The minimum atomic E-state index is 0.153. The standard InChI is InChI=1S/C18H22O2/c1-4-13-20-14(2)15-5-7-16(8-6-15)17-9-11-18(19-3)12-10-17/h5-12,14H,4,13H2,1-3H3. The summed E-state index contributed by atoms with van der Waals surface area (Å²) >= 11 is 0. The van der Waals surface area contributed by atoms with E-state index >= 15 is 0 Å². The number of hydrogen-bond donors (Lipinski definition) is 0. The van der Waals surface area contributed by atoms with Crippen molar-refractivity contribution in [2.24, 2.45) is 0 Å². The van der Waals surface area contributed by atoms with Crippen molar-refractivity contribution >= 4 is 0 Å². The Kier molecular flexibility index (Phi) is 5.19. The molecule has 0 heterocycles. The van der Waals surface area contributed by atoms with Crippen LogP contribution in [-0.2, 0) is 4.74 Å². The van der Waals surface area contributed by atoms with Gasteiger partial charge in [0.2, 0.25) is 0 Å². The maximum atomic E-state index is 5.74. The molecule has 2 nitrogen and oxygen atoms in total. The molecule has 0 saturated carbocycles. The van der Waals surface area contributed by atoms with Crippen molar-refractivity contribution in [2.75, 3.05) is 13.7 Å². The molecule has 0 N–H and O–H groups in total. The Bertz CT molecular complexity index is 514. The van der Waals surface area contributed by atoms with Gasteiger partial charge in [-0.25, -0.2) is 0 Å². The zero-order valence-corrected chi connectivity index (χ0v) is 12.4. The van der Waals surface area contributed by atoms with Gasteiger partial charge in [-0.3, -0.25) is 0 Å². The lowest BCUT2D eigenvalue weighted by Gasteiger charge is -2.13. The maximum Gasteiger partial charge on any atom is 0.118 e. The fraction of sp³-hybridized carbons (Fsp3) is 0.333. The van der Waals surface area contributed by atoms with Crippen LogP contribution in [0, 0.1) is 0 Å². The highest BCUT2D eigenvalue weighted by Gasteiger charge is 2.05. The number of rotatable bonds is 6. The van der Waals surface area contributed by atoms with E-state index in [2.05, 4.69) is 50.2 Å². The molecule has 0 radical (unpaired) electrons. The van der Waals surface area contributed by atoms with Gasteiger partial charge in [0.25, 0.3) is 0 Å². The van der Waals surface area contributed by atoms with Crippen LogP contribution < -0.4 is 4.74 Å². The zero-order valence-electron chi connectivity index (χ0n) is 12.4. The first-order chi connectivity index (χ1) is 9.74. The Morgan fingerprint density at radius 1 is 0.900 bits per heavy atom. The third kappa shape index (κ3) is 3.61. The summed E-state index contributed by atoms with van der Waals surface area (Å²) in [5, 5.41) is 0. The van der Waals surface area contributed by atoms with Crippen LogP contribution in [0.15, 0.2) is 48.5 Å². The molecule has 0 fully saturated rings. The highest BCUT2D eigenvalue weighted by Crippen LogP contribution is 2.25. The fourth-order valence-corrected chi connectivity index (χ4v) is 2.12. The first-order valence-corrected chi connectivity index (χ1v) is 7.10. The Balaban J connectivity index is 2.10.